The van der Waals surface area contributed by atoms with Gasteiger partial charge in [0.15, 0.2) is 0 Å². The van der Waals surface area contributed by atoms with Gasteiger partial charge in [-0.05, 0) is 18.9 Å². The fourth-order valence-electron chi connectivity index (χ4n) is 2.01. The van der Waals surface area contributed by atoms with E-state index in [1.165, 1.54) is 5.56 Å². The Bertz CT molecular complexity index is 555. The second-order valence-corrected chi connectivity index (χ2v) is 5.38. The van der Waals surface area contributed by atoms with E-state index in [9.17, 15) is 0 Å². The van der Waals surface area contributed by atoms with E-state index in [4.69, 9.17) is 10.3 Å². The zero-order valence-corrected chi connectivity index (χ0v) is 11.4. The first kappa shape index (κ1) is 12.7. The van der Waals surface area contributed by atoms with Crippen LogP contribution in [0.3, 0.4) is 0 Å². The fraction of sp³-hybridized carbons (Fsp3) is 0.400. The number of rotatable bonds is 3. The molecule has 0 saturated carbocycles. The quantitative estimate of drug-likeness (QED) is 0.890. The Morgan fingerprint density at radius 2 is 2.06 bits per heavy atom. The summed E-state index contributed by atoms with van der Waals surface area (Å²) < 4.78 is 5.21. The molecule has 0 amide bonds. The number of anilines is 1. The number of nitrogens with two attached hydrogens (primary N) is 1. The van der Waals surface area contributed by atoms with Crippen LogP contribution in [0.1, 0.15) is 38.4 Å². The number of nitrogen functional groups attached to an aromatic ring is 1. The van der Waals surface area contributed by atoms with Gasteiger partial charge in [0.05, 0.1) is 11.3 Å². The van der Waals surface area contributed by atoms with Crippen molar-refractivity contribution < 1.29 is 4.52 Å². The second kappa shape index (κ2) is 4.48. The Morgan fingerprint density at radius 1 is 1.33 bits per heavy atom. The third-order valence-electron chi connectivity index (χ3n) is 3.55. The van der Waals surface area contributed by atoms with Crippen molar-refractivity contribution in [1.29, 1.82) is 0 Å². The molecule has 0 radical (unpaired) electrons. The molecule has 0 aliphatic carbocycles. The van der Waals surface area contributed by atoms with Gasteiger partial charge in [0, 0.05) is 5.41 Å². The Labute approximate surface area is 108 Å². The van der Waals surface area contributed by atoms with Crippen LogP contribution < -0.4 is 5.73 Å². The first-order valence-corrected chi connectivity index (χ1v) is 6.28. The van der Waals surface area contributed by atoms with Crippen LogP contribution in [0.15, 0.2) is 28.8 Å². The summed E-state index contributed by atoms with van der Waals surface area (Å²) in [5.74, 6) is 0.400. The molecule has 1 aromatic carbocycles. The molecule has 0 aliphatic heterocycles. The van der Waals surface area contributed by atoms with Gasteiger partial charge in [-0.15, -0.1) is 0 Å². The highest BCUT2D eigenvalue weighted by atomic mass is 16.5. The van der Waals surface area contributed by atoms with Gasteiger partial charge in [0.2, 0.25) is 5.88 Å². The highest BCUT2D eigenvalue weighted by molar-refractivity contribution is 5.76. The second-order valence-electron chi connectivity index (χ2n) is 5.38. The maximum Gasteiger partial charge on any atom is 0.230 e. The fourth-order valence-corrected chi connectivity index (χ4v) is 2.01. The SMILES string of the molecule is CCC(C)(C)c1noc(N)c1-c1cccc(C)c1. The molecule has 0 saturated heterocycles. The summed E-state index contributed by atoms with van der Waals surface area (Å²) in [6.07, 6.45) is 0.984. The van der Waals surface area contributed by atoms with Crippen LogP contribution >= 0.6 is 0 Å². The van der Waals surface area contributed by atoms with Crippen molar-refractivity contribution in [2.24, 2.45) is 0 Å². The lowest BCUT2D eigenvalue weighted by Crippen LogP contribution is -2.17. The topological polar surface area (TPSA) is 52.0 Å². The molecule has 0 fully saturated rings. The smallest absolute Gasteiger partial charge is 0.230 e. The lowest BCUT2D eigenvalue weighted by Gasteiger charge is -2.21. The van der Waals surface area contributed by atoms with Crippen molar-refractivity contribution in [3.05, 3.63) is 35.5 Å². The number of aryl methyl sites for hydroxylation is 1. The van der Waals surface area contributed by atoms with Crippen LogP contribution in [0.25, 0.3) is 11.1 Å². The molecule has 0 unspecified atom stereocenters. The summed E-state index contributed by atoms with van der Waals surface area (Å²) >= 11 is 0. The van der Waals surface area contributed by atoms with E-state index in [0.717, 1.165) is 23.2 Å². The van der Waals surface area contributed by atoms with Gasteiger partial charge < -0.3 is 10.3 Å². The van der Waals surface area contributed by atoms with Gasteiger partial charge in [-0.3, -0.25) is 0 Å². The van der Waals surface area contributed by atoms with E-state index in [1.54, 1.807) is 0 Å². The maximum absolute atomic E-state index is 5.95. The minimum absolute atomic E-state index is 0.0415. The van der Waals surface area contributed by atoms with Gasteiger partial charge in [-0.2, -0.15) is 0 Å². The van der Waals surface area contributed by atoms with Gasteiger partial charge in [0.1, 0.15) is 0 Å². The molecule has 1 aromatic heterocycles. The standard InChI is InChI=1S/C15H20N2O/c1-5-15(3,4)13-12(14(16)18-17-13)11-8-6-7-10(2)9-11/h6-9H,5,16H2,1-4H3. The number of aromatic nitrogens is 1. The summed E-state index contributed by atoms with van der Waals surface area (Å²) in [4.78, 5) is 0. The van der Waals surface area contributed by atoms with Crippen molar-refractivity contribution in [2.45, 2.75) is 39.5 Å². The van der Waals surface area contributed by atoms with Crippen molar-refractivity contribution >= 4 is 5.88 Å². The lowest BCUT2D eigenvalue weighted by atomic mass is 9.82. The molecule has 0 aliphatic rings. The van der Waals surface area contributed by atoms with Crippen LogP contribution in [0.4, 0.5) is 5.88 Å². The van der Waals surface area contributed by atoms with Gasteiger partial charge in [0.25, 0.3) is 0 Å². The van der Waals surface area contributed by atoms with E-state index < -0.39 is 0 Å². The van der Waals surface area contributed by atoms with Gasteiger partial charge in [-0.25, -0.2) is 0 Å². The predicted molar refractivity (Wildman–Crippen MR) is 74.4 cm³/mol. The van der Waals surface area contributed by atoms with Crippen molar-refractivity contribution in [3.8, 4) is 11.1 Å². The number of hydrogen-bond acceptors (Lipinski definition) is 3. The van der Waals surface area contributed by atoms with E-state index in [0.29, 0.717) is 5.88 Å². The molecule has 18 heavy (non-hydrogen) atoms. The van der Waals surface area contributed by atoms with Crippen molar-refractivity contribution in [2.75, 3.05) is 5.73 Å². The summed E-state index contributed by atoms with van der Waals surface area (Å²) in [5.41, 5.74) is 10.1. The Hall–Kier alpha value is -1.77. The Kier molecular flexibility index (Phi) is 3.16. The minimum atomic E-state index is -0.0415. The third kappa shape index (κ3) is 2.13. The van der Waals surface area contributed by atoms with E-state index >= 15 is 0 Å². The molecule has 1 heterocycles. The zero-order valence-electron chi connectivity index (χ0n) is 11.4. The first-order valence-electron chi connectivity index (χ1n) is 6.28. The first-order chi connectivity index (χ1) is 8.45. The number of benzene rings is 1. The molecule has 3 nitrogen and oxygen atoms in total. The molecule has 2 N–H and O–H groups in total. The highest BCUT2D eigenvalue weighted by Crippen LogP contribution is 2.38. The normalized spacial score (nSPS) is 11.8. The van der Waals surface area contributed by atoms with Crippen LogP contribution in [0.2, 0.25) is 0 Å². The van der Waals surface area contributed by atoms with Crippen LogP contribution in [0.5, 0.6) is 0 Å². The molecule has 2 rings (SSSR count). The molecule has 0 bridgehead atoms. The number of nitrogens with zero attached hydrogens (tertiary/aromatic N) is 1. The van der Waals surface area contributed by atoms with Gasteiger partial charge in [-0.1, -0.05) is 55.8 Å². The molecular weight excluding hydrogens is 224 g/mol. The van der Waals surface area contributed by atoms with Crippen molar-refractivity contribution in [3.63, 3.8) is 0 Å². The van der Waals surface area contributed by atoms with Gasteiger partial charge >= 0.3 is 0 Å². The van der Waals surface area contributed by atoms with Crippen molar-refractivity contribution in [1.82, 2.24) is 5.16 Å². The summed E-state index contributed by atoms with van der Waals surface area (Å²) in [6, 6.07) is 8.25. The highest BCUT2D eigenvalue weighted by Gasteiger charge is 2.28. The minimum Gasteiger partial charge on any atom is -0.367 e. The van der Waals surface area contributed by atoms with Crippen LogP contribution in [0, 0.1) is 6.92 Å². The lowest BCUT2D eigenvalue weighted by molar-refractivity contribution is 0.391. The molecule has 0 spiro atoms. The van der Waals surface area contributed by atoms with Crippen LogP contribution in [-0.4, -0.2) is 5.16 Å². The molecule has 0 atom stereocenters. The summed E-state index contributed by atoms with van der Waals surface area (Å²) in [6.45, 7) is 8.52. The summed E-state index contributed by atoms with van der Waals surface area (Å²) in [5, 5.41) is 4.16. The number of hydrogen-bond donors (Lipinski definition) is 1. The van der Waals surface area contributed by atoms with E-state index in [1.807, 2.05) is 12.1 Å². The molecule has 3 heteroatoms. The summed E-state index contributed by atoms with van der Waals surface area (Å²) in [7, 11) is 0. The Balaban J connectivity index is 2.61. The largest absolute Gasteiger partial charge is 0.367 e. The average molecular weight is 244 g/mol. The predicted octanol–water partition coefficient (Wildman–Crippen LogP) is 3.92. The average Bonchev–Trinajstić information content (AvgIpc) is 2.72. The molecule has 96 valence electrons. The Morgan fingerprint density at radius 3 is 2.67 bits per heavy atom. The zero-order chi connectivity index (χ0) is 13.3. The molecule has 2 aromatic rings. The monoisotopic (exact) mass is 244 g/mol. The molecular formula is C15H20N2O. The van der Waals surface area contributed by atoms with E-state index in [2.05, 4.69) is 45.0 Å². The third-order valence-corrected chi connectivity index (χ3v) is 3.55. The van der Waals surface area contributed by atoms with E-state index in [-0.39, 0.29) is 5.41 Å². The van der Waals surface area contributed by atoms with Crippen LogP contribution in [-0.2, 0) is 5.41 Å². The maximum atomic E-state index is 5.95.